The number of amides is 1. The molecular formula is C20H22N2OS. The summed E-state index contributed by atoms with van der Waals surface area (Å²) in [6.45, 7) is 0.398. The zero-order valence-electron chi connectivity index (χ0n) is 13.6. The first-order chi connectivity index (χ1) is 11.8. The zero-order valence-corrected chi connectivity index (χ0v) is 14.4. The van der Waals surface area contributed by atoms with Crippen LogP contribution < -0.4 is 11.1 Å². The van der Waals surface area contributed by atoms with Crippen molar-refractivity contribution in [3.8, 4) is 0 Å². The van der Waals surface area contributed by atoms with Gasteiger partial charge in [-0.05, 0) is 46.7 Å². The van der Waals surface area contributed by atoms with Gasteiger partial charge in [0.25, 0.3) is 0 Å². The van der Waals surface area contributed by atoms with Crippen LogP contribution >= 0.6 is 11.3 Å². The SMILES string of the molecule is NCC(NC(=O)CCCc1cccs1)c1ccc2ccccc2c1. The molecule has 0 saturated carbocycles. The van der Waals surface area contributed by atoms with Crippen molar-refractivity contribution in [2.45, 2.75) is 25.3 Å². The van der Waals surface area contributed by atoms with E-state index in [4.69, 9.17) is 5.73 Å². The molecule has 4 heteroatoms. The first kappa shape index (κ1) is 16.7. The van der Waals surface area contributed by atoms with Gasteiger partial charge in [-0.2, -0.15) is 0 Å². The van der Waals surface area contributed by atoms with Crippen molar-refractivity contribution in [3.63, 3.8) is 0 Å². The first-order valence-corrected chi connectivity index (χ1v) is 9.15. The van der Waals surface area contributed by atoms with E-state index < -0.39 is 0 Å². The van der Waals surface area contributed by atoms with Gasteiger partial charge in [-0.25, -0.2) is 0 Å². The second kappa shape index (κ2) is 8.08. The highest BCUT2D eigenvalue weighted by Crippen LogP contribution is 2.20. The molecule has 24 heavy (non-hydrogen) atoms. The molecule has 2 aromatic carbocycles. The van der Waals surface area contributed by atoms with Gasteiger partial charge in [0.15, 0.2) is 0 Å². The molecule has 1 aromatic heterocycles. The maximum atomic E-state index is 12.2. The summed E-state index contributed by atoms with van der Waals surface area (Å²) in [6, 6.07) is 18.5. The number of fused-ring (bicyclic) bond motifs is 1. The van der Waals surface area contributed by atoms with E-state index in [0.717, 1.165) is 18.4 Å². The standard InChI is InChI=1S/C20H22N2OS/c21-14-19(17-11-10-15-5-1-2-6-16(15)13-17)22-20(23)9-3-7-18-8-4-12-24-18/h1-2,4-6,8,10-13,19H,3,7,9,14,21H2,(H,22,23). The second-order valence-corrected chi connectivity index (χ2v) is 6.93. The van der Waals surface area contributed by atoms with Crippen molar-refractivity contribution in [1.29, 1.82) is 0 Å². The summed E-state index contributed by atoms with van der Waals surface area (Å²) < 4.78 is 0. The van der Waals surface area contributed by atoms with Crippen molar-refractivity contribution in [1.82, 2.24) is 5.32 Å². The molecule has 0 aliphatic rings. The molecule has 0 spiro atoms. The van der Waals surface area contributed by atoms with Crippen LogP contribution in [0.25, 0.3) is 10.8 Å². The first-order valence-electron chi connectivity index (χ1n) is 8.27. The Balaban J connectivity index is 1.59. The number of hydrogen-bond acceptors (Lipinski definition) is 3. The quantitative estimate of drug-likeness (QED) is 0.683. The molecule has 1 amide bonds. The van der Waals surface area contributed by atoms with Gasteiger partial charge in [-0.3, -0.25) is 4.79 Å². The highest BCUT2D eigenvalue weighted by molar-refractivity contribution is 7.09. The average Bonchev–Trinajstić information content (AvgIpc) is 3.12. The topological polar surface area (TPSA) is 55.1 Å². The van der Waals surface area contributed by atoms with Gasteiger partial charge in [0.05, 0.1) is 6.04 Å². The third-order valence-corrected chi connectivity index (χ3v) is 5.09. The van der Waals surface area contributed by atoms with Gasteiger partial charge in [0, 0.05) is 17.8 Å². The normalized spacial score (nSPS) is 12.2. The summed E-state index contributed by atoms with van der Waals surface area (Å²) in [5, 5.41) is 7.50. The number of aryl methyl sites for hydroxylation is 1. The largest absolute Gasteiger partial charge is 0.348 e. The highest BCUT2D eigenvalue weighted by Gasteiger charge is 2.13. The molecule has 0 radical (unpaired) electrons. The van der Waals surface area contributed by atoms with Crippen molar-refractivity contribution >= 4 is 28.0 Å². The van der Waals surface area contributed by atoms with Gasteiger partial charge in [0.1, 0.15) is 0 Å². The smallest absolute Gasteiger partial charge is 0.220 e. The van der Waals surface area contributed by atoms with Crippen LogP contribution in [0.1, 0.15) is 29.3 Å². The van der Waals surface area contributed by atoms with E-state index in [9.17, 15) is 4.79 Å². The van der Waals surface area contributed by atoms with Gasteiger partial charge in [-0.15, -0.1) is 11.3 Å². The Bertz CT molecular complexity index is 798. The highest BCUT2D eigenvalue weighted by atomic mass is 32.1. The number of rotatable bonds is 7. The number of carbonyl (C=O) groups is 1. The van der Waals surface area contributed by atoms with E-state index >= 15 is 0 Å². The van der Waals surface area contributed by atoms with Crippen LogP contribution in [0.4, 0.5) is 0 Å². The fraction of sp³-hybridized carbons (Fsp3) is 0.250. The molecule has 1 atom stereocenters. The summed E-state index contributed by atoms with van der Waals surface area (Å²) >= 11 is 1.74. The zero-order chi connectivity index (χ0) is 16.8. The maximum absolute atomic E-state index is 12.2. The van der Waals surface area contributed by atoms with Crippen molar-refractivity contribution in [2.75, 3.05) is 6.54 Å². The van der Waals surface area contributed by atoms with Crippen LogP contribution in [0.3, 0.4) is 0 Å². The molecule has 1 heterocycles. The lowest BCUT2D eigenvalue weighted by Gasteiger charge is -2.18. The van der Waals surface area contributed by atoms with Crippen LogP contribution in [-0.2, 0) is 11.2 Å². The van der Waals surface area contributed by atoms with E-state index in [1.807, 2.05) is 24.3 Å². The fourth-order valence-electron chi connectivity index (χ4n) is 2.85. The number of nitrogens with two attached hydrogens (primary N) is 1. The predicted octanol–water partition coefficient (Wildman–Crippen LogP) is 4.04. The summed E-state index contributed by atoms with van der Waals surface area (Å²) in [4.78, 5) is 13.5. The summed E-state index contributed by atoms with van der Waals surface area (Å²) in [7, 11) is 0. The molecule has 3 aromatic rings. The minimum atomic E-state index is -0.135. The number of benzene rings is 2. The molecule has 0 fully saturated rings. The predicted molar refractivity (Wildman–Crippen MR) is 101 cm³/mol. The van der Waals surface area contributed by atoms with E-state index in [-0.39, 0.29) is 11.9 Å². The average molecular weight is 338 g/mol. The third-order valence-electron chi connectivity index (χ3n) is 4.15. The van der Waals surface area contributed by atoms with Gasteiger partial charge in [-0.1, -0.05) is 42.5 Å². The molecule has 3 nitrogen and oxygen atoms in total. The summed E-state index contributed by atoms with van der Waals surface area (Å²) in [5.41, 5.74) is 6.95. The number of thiophene rings is 1. The molecule has 0 aliphatic heterocycles. The molecule has 0 saturated heterocycles. The Morgan fingerprint density at radius 1 is 1.08 bits per heavy atom. The Hall–Kier alpha value is -2.17. The Morgan fingerprint density at radius 2 is 1.92 bits per heavy atom. The molecule has 1 unspecified atom stereocenters. The van der Waals surface area contributed by atoms with E-state index in [1.54, 1.807) is 11.3 Å². The van der Waals surface area contributed by atoms with Gasteiger partial charge < -0.3 is 11.1 Å². The van der Waals surface area contributed by atoms with Crippen molar-refractivity contribution < 1.29 is 4.79 Å². The van der Waals surface area contributed by atoms with E-state index in [1.165, 1.54) is 15.6 Å². The van der Waals surface area contributed by atoms with Crippen LogP contribution in [0, 0.1) is 0 Å². The molecule has 0 aliphatic carbocycles. The van der Waals surface area contributed by atoms with Crippen molar-refractivity contribution in [3.05, 3.63) is 70.4 Å². The lowest BCUT2D eigenvalue weighted by atomic mass is 10.0. The minimum absolute atomic E-state index is 0.0650. The second-order valence-electron chi connectivity index (χ2n) is 5.90. The lowest BCUT2D eigenvalue weighted by molar-refractivity contribution is -0.121. The monoisotopic (exact) mass is 338 g/mol. The maximum Gasteiger partial charge on any atom is 0.220 e. The van der Waals surface area contributed by atoms with E-state index in [0.29, 0.717) is 13.0 Å². The molecule has 3 N–H and O–H groups in total. The van der Waals surface area contributed by atoms with Crippen LogP contribution in [0.15, 0.2) is 60.0 Å². The Kier molecular flexibility index (Phi) is 5.62. The Labute approximate surface area is 146 Å². The number of nitrogens with one attached hydrogen (secondary N) is 1. The van der Waals surface area contributed by atoms with Crippen LogP contribution in [0.2, 0.25) is 0 Å². The van der Waals surface area contributed by atoms with Crippen LogP contribution in [-0.4, -0.2) is 12.5 Å². The summed E-state index contributed by atoms with van der Waals surface area (Å²) in [6.07, 6.45) is 2.34. The number of carbonyl (C=O) groups excluding carboxylic acids is 1. The molecule has 124 valence electrons. The minimum Gasteiger partial charge on any atom is -0.348 e. The number of hydrogen-bond donors (Lipinski definition) is 2. The molecule has 3 rings (SSSR count). The molecule has 0 bridgehead atoms. The van der Waals surface area contributed by atoms with Gasteiger partial charge >= 0.3 is 0 Å². The third kappa shape index (κ3) is 4.22. The van der Waals surface area contributed by atoms with Gasteiger partial charge in [0.2, 0.25) is 5.91 Å². The Morgan fingerprint density at radius 3 is 2.67 bits per heavy atom. The lowest BCUT2D eigenvalue weighted by Crippen LogP contribution is -2.33. The van der Waals surface area contributed by atoms with Crippen molar-refractivity contribution in [2.24, 2.45) is 5.73 Å². The van der Waals surface area contributed by atoms with E-state index in [2.05, 4.69) is 41.0 Å². The molecular weight excluding hydrogens is 316 g/mol. The summed E-state index contributed by atoms with van der Waals surface area (Å²) in [5.74, 6) is 0.0650. The van der Waals surface area contributed by atoms with Crippen LogP contribution in [0.5, 0.6) is 0 Å². The fourth-order valence-corrected chi connectivity index (χ4v) is 3.60.